The number of halogens is 1. The summed E-state index contributed by atoms with van der Waals surface area (Å²) in [7, 11) is 0. The maximum Gasteiger partial charge on any atom is 0.196 e. The lowest BCUT2D eigenvalue weighted by Gasteiger charge is -2.37. The summed E-state index contributed by atoms with van der Waals surface area (Å²) in [5, 5.41) is 0. The minimum Gasteiger partial charge on any atom is -0.369 e. The van der Waals surface area contributed by atoms with Gasteiger partial charge >= 0.3 is 0 Å². The first kappa shape index (κ1) is 11.1. The zero-order valence-electron chi connectivity index (χ0n) is 9.86. The minimum atomic E-state index is 0.0634. The number of guanidine groups is 1. The smallest absolute Gasteiger partial charge is 0.196 e. The molecular weight excluding hydrogens is 278 g/mol. The second-order valence-corrected chi connectivity index (χ2v) is 5.95. The number of hydrogen-bond donors (Lipinski definition) is 1. The van der Waals surface area contributed by atoms with Crippen LogP contribution in [0.2, 0.25) is 0 Å². The van der Waals surface area contributed by atoms with Gasteiger partial charge in [0.15, 0.2) is 5.96 Å². The second kappa shape index (κ2) is 3.73. The fourth-order valence-corrected chi connectivity index (χ4v) is 3.15. The predicted molar refractivity (Wildman–Crippen MR) is 74.2 cm³/mol. The summed E-state index contributed by atoms with van der Waals surface area (Å²) in [5.74, 6) is 1.37. The molecule has 3 nitrogen and oxygen atoms in total. The van der Waals surface area contributed by atoms with Crippen LogP contribution >= 0.6 is 15.9 Å². The Bertz CT molecular complexity index is 481. The average Bonchev–Trinajstić information content (AvgIpc) is 3.10. The number of aliphatic imine (C=N–C) groups is 1. The summed E-state index contributed by atoms with van der Waals surface area (Å²) in [4.78, 5) is 6.65. The van der Waals surface area contributed by atoms with Gasteiger partial charge in [-0.15, -0.1) is 0 Å². The fourth-order valence-electron chi connectivity index (χ4n) is 2.69. The van der Waals surface area contributed by atoms with Gasteiger partial charge < -0.3 is 10.6 Å². The third-order valence-electron chi connectivity index (χ3n) is 3.85. The lowest BCUT2D eigenvalue weighted by atomic mass is 9.94. The first-order chi connectivity index (χ1) is 8.13. The van der Waals surface area contributed by atoms with E-state index in [-0.39, 0.29) is 5.54 Å². The third kappa shape index (κ3) is 1.66. The molecule has 3 rings (SSSR count). The molecule has 0 saturated heterocycles. The largest absolute Gasteiger partial charge is 0.369 e. The van der Waals surface area contributed by atoms with Gasteiger partial charge in [0.2, 0.25) is 0 Å². The number of benzene rings is 1. The topological polar surface area (TPSA) is 41.6 Å². The standard InChI is InChI=1S/C13H16BrN3/c1-13(9-6-7-9)8-16-12(15)17(13)11-5-3-2-4-10(11)14/h2-5,9H,6-8H2,1H3,(H2,15,16). The summed E-state index contributed by atoms with van der Waals surface area (Å²) < 4.78 is 1.08. The summed E-state index contributed by atoms with van der Waals surface area (Å²) in [6.45, 7) is 3.08. The lowest BCUT2D eigenvalue weighted by molar-refractivity contribution is 0.439. The molecule has 1 aliphatic heterocycles. The van der Waals surface area contributed by atoms with Crippen molar-refractivity contribution in [2.45, 2.75) is 25.3 Å². The lowest BCUT2D eigenvalue weighted by Crippen LogP contribution is -2.51. The quantitative estimate of drug-likeness (QED) is 0.911. The van der Waals surface area contributed by atoms with Gasteiger partial charge in [-0.05, 0) is 53.7 Å². The number of nitrogens with two attached hydrogens (primary N) is 1. The van der Waals surface area contributed by atoms with E-state index >= 15 is 0 Å². The molecule has 90 valence electrons. The van der Waals surface area contributed by atoms with E-state index in [0.29, 0.717) is 5.96 Å². The monoisotopic (exact) mass is 293 g/mol. The number of hydrogen-bond acceptors (Lipinski definition) is 3. The molecule has 1 aliphatic carbocycles. The van der Waals surface area contributed by atoms with Crippen molar-refractivity contribution in [2.75, 3.05) is 11.4 Å². The van der Waals surface area contributed by atoms with E-state index < -0.39 is 0 Å². The Morgan fingerprint density at radius 1 is 1.41 bits per heavy atom. The predicted octanol–water partition coefficient (Wildman–Crippen LogP) is 2.75. The van der Waals surface area contributed by atoms with Crippen LogP contribution in [-0.2, 0) is 0 Å². The molecule has 1 heterocycles. The number of rotatable bonds is 2. The molecule has 0 radical (unpaired) electrons. The van der Waals surface area contributed by atoms with Gasteiger partial charge in [-0.25, -0.2) is 0 Å². The van der Waals surface area contributed by atoms with Crippen molar-refractivity contribution in [3.63, 3.8) is 0 Å². The molecule has 17 heavy (non-hydrogen) atoms. The maximum atomic E-state index is 6.08. The number of nitrogens with zero attached hydrogens (tertiary/aromatic N) is 2. The van der Waals surface area contributed by atoms with E-state index in [2.05, 4.69) is 38.8 Å². The highest BCUT2D eigenvalue weighted by Gasteiger charge is 2.50. The Balaban J connectivity index is 2.05. The third-order valence-corrected chi connectivity index (χ3v) is 4.52. The summed E-state index contributed by atoms with van der Waals surface area (Å²) in [6, 6.07) is 8.21. The highest BCUT2D eigenvalue weighted by atomic mass is 79.9. The fraction of sp³-hybridized carbons (Fsp3) is 0.462. The zero-order chi connectivity index (χ0) is 12.0. The van der Waals surface area contributed by atoms with Gasteiger partial charge in [-0.1, -0.05) is 12.1 Å². The molecular formula is C13H16BrN3. The van der Waals surface area contributed by atoms with Crippen LogP contribution in [-0.4, -0.2) is 18.0 Å². The van der Waals surface area contributed by atoms with Crippen LogP contribution in [0.5, 0.6) is 0 Å². The molecule has 2 aliphatic rings. The van der Waals surface area contributed by atoms with Gasteiger partial charge in [-0.2, -0.15) is 0 Å². The average molecular weight is 294 g/mol. The molecule has 0 bridgehead atoms. The van der Waals surface area contributed by atoms with Crippen molar-refractivity contribution in [3.05, 3.63) is 28.7 Å². The molecule has 0 spiro atoms. The molecule has 4 heteroatoms. The van der Waals surface area contributed by atoms with Crippen LogP contribution < -0.4 is 10.6 Å². The van der Waals surface area contributed by atoms with E-state index in [9.17, 15) is 0 Å². The van der Waals surface area contributed by atoms with Crippen LogP contribution in [0, 0.1) is 5.92 Å². The number of anilines is 1. The van der Waals surface area contributed by atoms with Crippen molar-refractivity contribution < 1.29 is 0 Å². The van der Waals surface area contributed by atoms with Gasteiger partial charge in [0.05, 0.1) is 17.8 Å². The second-order valence-electron chi connectivity index (χ2n) is 5.09. The van der Waals surface area contributed by atoms with Crippen LogP contribution in [0.15, 0.2) is 33.7 Å². The molecule has 2 N–H and O–H groups in total. The molecule has 0 aromatic heterocycles. The Morgan fingerprint density at radius 3 is 2.76 bits per heavy atom. The van der Waals surface area contributed by atoms with Gasteiger partial charge in [0.1, 0.15) is 0 Å². The van der Waals surface area contributed by atoms with Crippen LogP contribution in [0.3, 0.4) is 0 Å². The van der Waals surface area contributed by atoms with E-state index in [0.717, 1.165) is 22.6 Å². The van der Waals surface area contributed by atoms with Crippen molar-refractivity contribution in [1.29, 1.82) is 0 Å². The number of para-hydroxylation sites is 1. The summed E-state index contributed by atoms with van der Waals surface area (Å²) in [6.07, 6.45) is 2.58. The summed E-state index contributed by atoms with van der Waals surface area (Å²) >= 11 is 3.60. The molecule has 1 atom stereocenters. The van der Waals surface area contributed by atoms with Gasteiger partial charge in [-0.3, -0.25) is 4.99 Å². The van der Waals surface area contributed by atoms with Crippen molar-refractivity contribution in [3.8, 4) is 0 Å². The first-order valence-electron chi connectivity index (χ1n) is 5.97. The Morgan fingerprint density at radius 2 is 2.12 bits per heavy atom. The van der Waals surface area contributed by atoms with Crippen LogP contribution in [0.25, 0.3) is 0 Å². The van der Waals surface area contributed by atoms with E-state index in [4.69, 9.17) is 5.73 Å². The van der Waals surface area contributed by atoms with Crippen LogP contribution in [0.1, 0.15) is 19.8 Å². The van der Waals surface area contributed by atoms with Crippen molar-refractivity contribution in [2.24, 2.45) is 16.6 Å². The van der Waals surface area contributed by atoms with E-state index in [1.807, 2.05) is 18.2 Å². The molecule has 1 aromatic carbocycles. The Labute approximate surface area is 110 Å². The van der Waals surface area contributed by atoms with E-state index in [1.165, 1.54) is 12.8 Å². The molecule has 1 aromatic rings. The Hall–Kier alpha value is -1.03. The SMILES string of the molecule is CC1(C2CC2)CN=C(N)N1c1ccccc1Br. The highest BCUT2D eigenvalue weighted by Crippen LogP contribution is 2.47. The maximum absolute atomic E-state index is 6.08. The summed E-state index contributed by atoms with van der Waals surface area (Å²) in [5.41, 5.74) is 7.27. The van der Waals surface area contributed by atoms with Crippen molar-refractivity contribution >= 4 is 27.6 Å². The molecule has 1 saturated carbocycles. The molecule has 1 unspecified atom stereocenters. The van der Waals surface area contributed by atoms with Crippen LogP contribution in [0.4, 0.5) is 5.69 Å². The van der Waals surface area contributed by atoms with Crippen molar-refractivity contribution in [1.82, 2.24) is 0 Å². The minimum absolute atomic E-state index is 0.0634. The Kier molecular flexibility index (Phi) is 2.43. The molecule has 1 fully saturated rings. The first-order valence-corrected chi connectivity index (χ1v) is 6.77. The zero-order valence-corrected chi connectivity index (χ0v) is 11.4. The highest BCUT2D eigenvalue weighted by molar-refractivity contribution is 9.10. The van der Waals surface area contributed by atoms with Gasteiger partial charge in [0.25, 0.3) is 0 Å². The molecule has 0 amide bonds. The van der Waals surface area contributed by atoms with E-state index in [1.54, 1.807) is 0 Å². The van der Waals surface area contributed by atoms with Gasteiger partial charge in [0, 0.05) is 4.47 Å². The normalized spacial score (nSPS) is 28.4.